The van der Waals surface area contributed by atoms with E-state index in [9.17, 15) is 9.59 Å². The third-order valence-electron chi connectivity index (χ3n) is 4.00. The van der Waals surface area contributed by atoms with Gasteiger partial charge in [-0.15, -0.1) is 0 Å². The number of aryl methyl sites for hydroxylation is 2. The van der Waals surface area contributed by atoms with Crippen LogP contribution in [-0.2, 0) is 16.0 Å². The van der Waals surface area contributed by atoms with E-state index in [1.54, 1.807) is 38.3 Å². The highest BCUT2D eigenvalue weighted by Crippen LogP contribution is 2.21. The molecule has 134 valence electrons. The Hall–Kier alpha value is -2.76. The summed E-state index contributed by atoms with van der Waals surface area (Å²) in [5.41, 5.74) is 3.77. The average Bonchev–Trinajstić information content (AvgIpc) is 2.87. The van der Waals surface area contributed by atoms with E-state index in [4.69, 9.17) is 9.47 Å². The standard InChI is InChI=1S/C19H24N2O4/c1-5-25-19(23)18-12(2)16(20-13(18)3)10-11-17(22)21-14-6-8-15(24-4)9-7-14/h6-9,20H,5,10-11H2,1-4H3,(H,21,22). The molecule has 0 aliphatic rings. The minimum atomic E-state index is -0.331. The van der Waals surface area contributed by atoms with Gasteiger partial charge in [0.15, 0.2) is 0 Å². The zero-order valence-corrected chi connectivity index (χ0v) is 15.1. The quantitative estimate of drug-likeness (QED) is 0.755. The third kappa shape index (κ3) is 4.62. The van der Waals surface area contributed by atoms with Crippen LogP contribution in [0.4, 0.5) is 5.69 Å². The number of benzene rings is 1. The van der Waals surface area contributed by atoms with Gasteiger partial charge in [-0.1, -0.05) is 0 Å². The Bertz CT molecular complexity index is 748. The number of hydrogen-bond acceptors (Lipinski definition) is 4. The van der Waals surface area contributed by atoms with E-state index >= 15 is 0 Å². The van der Waals surface area contributed by atoms with Gasteiger partial charge in [0.05, 0.1) is 19.3 Å². The first-order chi connectivity index (χ1) is 12.0. The SMILES string of the molecule is CCOC(=O)c1c(C)[nH]c(CCC(=O)Nc2ccc(OC)cc2)c1C. The van der Waals surface area contributed by atoms with E-state index in [2.05, 4.69) is 10.3 Å². The highest BCUT2D eigenvalue weighted by atomic mass is 16.5. The van der Waals surface area contributed by atoms with Crippen LogP contribution in [0.2, 0.25) is 0 Å². The zero-order chi connectivity index (χ0) is 18.4. The van der Waals surface area contributed by atoms with Crippen molar-refractivity contribution in [2.45, 2.75) is 33.6 Å². The monoisotopic (exact) mass is 344 g/mol. The molecule has 1 aromatic heterocycles. The zero-order valence-electron chi connectivity index (χ0n) is 15.1. The lowest BCUT2D eigenvalue weighted by Gasteiger charge is -2.06. The van der Waals surface area contributed by atoms with Crippen LogP contribution in [0.15, 0.2) is 24.3 Å². The average molecular weight is 344 g/mol. The van der Waals surface area contributed by atoms with Crippen molar-refractivity contribution in [1.82, 2.24) is 4.98 Å². The van der Waals surface area contributed by atoms with Crippen LogP contribution in [0.1, 0.15) is 40.7 Å². The number of anilines is 1. The summed E-state index contributed by atoms with van der Waals surface area (Å²) >= 11 is 0. The Morgan fingerprint density at radius 2 is 1.84 bits per heavy atom. The molecule has 2 N–H and O–H groups in total. The molecule has 0 aliphatic carbocycles. The fourth-order valence-electron chi connectivity index (χ4n) is 2.71. The first-order valence-corrected chi connectivity index (χ1v) is 8.25. The van der Waals surface area contributed by atoms with Gasteiger partial charge in [0.25, 0.3) is 0 Å². The van der Waals surface area contributed by atoms with E-state index in [0.717, 1.165) is 28.4 Å². The highest BCUT2D eigenvalue weighted by molar-refractivity contribution is 5.93. The molecular weight excluding hydrogens is 320 g/mol. The lowest BCUT2D eigenvalue weighted by atomic mass is 10.1. The molecule has 6 nitrogen and oxygen atoms in total. The molecule has 1 aromatic carbocycles. The first-order valence-electron chi connectivity index (χ1n) is 8.25. The maximum absolute atomic E-state index is 12.1. The Morgan fingerprint density at radius 1 is 1.16 bits per heavy atom. The Labute approximate surface area is 147 Å². The second-order valence-corrected chi connectivity index (χ2v) is 5.73. The second-order valence-electron chi connectivity index (χ2n) is 5.73. The number of carbonyl (C=O) groups is 2. The summed E-state index contributed by atoms with van der Waals surface area (Å²) in [5.74, 6) is 0.319. The van der Waals surface area contributed by atoms with Crippen molar-refractivity contribution in [2.24, 2.45) is 0 Å². The van der Waals surface area contributed by atoms with Crippen molar-refractivity contribution in [3.8, 4) is 5.75 Å². The number of ether oxygens (including phenoxy) is 2. The largest absolute Gasteiger partial charge is 0.497 e. The van der Waals surface area contributed by atoms with E-state index in [1.165, 1.54) is 0 Å². The number of H-pyrrole nitrogens is 1. The molecule has 6 heteroatoms. The number of carbonyl (C=O) groups excluding carboxylic acids is 2. The number of nitrogens with one attached hydrogen (secondary N) is 2. The topological polar surface area (TPSA) is 80.4 Å². The molecule has 25 heavy (non-hydrogen) atoms. The van der Waals surface area contributed by atoms with Gasteiger partial charge in [-0.25, -0.2) is 4.79 Å². The fourth-order valence-corrected chi connectivity index (χ4v) is 2.71. The predicted molar refractivity (Wildman–Crippen MR) is 96.2 cm³/mol. The van der Waals surface area contributed by atoms with Gasteiger partial charge in [0.2, 0.25) is 5.91 Å². The third-order valence-corrected chi connectivity index (χ3v) is 4.00. The molecule has 1 amide bonds. The van der Waals surface area contributed by atoms with Gasteiger partial charge < -0.3 is 19.8 Å². The van der Waals surface area contributed by atoms with Gasteiger partial charge in [0, 0.05) is 23.5 Å². The maximum atomic E-state index is 12.1. The summed E-state index contributed by atoms with van der Waals surface area (Å²) < 4.78 is 10.2. The maximum Gasteiger partial charge on any atom is 0.340 e. The summed E-state index contributed by atoms with van der Waals surface area (Å²) in [4.78, 5) is 27.3. The van der Waals surface area contributed by atoms with Crippen LogP contribution in [-0.4, -0.2) is 30.6 Å². The van der Waals surface area contributed by atoms with Gasteiger partial charge in [0.1, 0.15) is 5.75 Å². The van der Waals surface area contributed by atoms with E-state index in [0.29, 0.717) is 25.0 Å². The molecule has 2 rings (SSSR count). The number of amides is 1. The van der Waals surface area contributed by atoms with Crippen LogP contribution in [0.25, 0.3) is 0 Å². The van der Waals surface area contributed by atoms with Crippen molar-refractivity contribution >= 4 is 17.6 Å². The van der Waals surface area contributed by atoms with Crippen molar-refractivity contribution in [3.05, 3.63) is 46.8 Å². The van der Waals surface area contributed by atoms with Crippen LogP contribution >= 0.6 is 0 Å². The smallest absolute Gasteiger partial charge is 0.340 e. The van der Waals surface area contributed by atoms with E-state index in [-0.39, 0.29) is 11.9 Å². The molecular formula is C19H24N2O4. The minimum absolute atomic E-state index is 0.0884. The normalized spacial score (nSPS) is 10.4. The van der Waals surface area contributed by atoms with Crippen LogP contribution in [0, 0.1) is 13.8 Å². The molecule has 0 saturated heterocycles. The van der Waals surface area contributed by atoms with Gasteiger partial charge >= 0.3 is 5.97 Å². The van der Waals surface area contributed by atoms with Gasteiger partial charge in [-0.2, -0.15) is 0 Å². The molecule has 0 saturated carbocycles. The Morgan fingerprint density at radius 3 is 2.44 bits per heavy atom. The van der Waals surface area contributed by atoms with E-state index < -0.39 is 0 Å². The number of aromatic nitrogens is 1. The molecule has 2 aromatic rings. The summed E-state index contributed by atoms with van der Waals surface area (Å²) in [6.45, 7) is 5.81. The number of esters is 1. The molecule has 0 aliphatic heterocycles. The summed E-state index contributed by atoms with van der Waals surface area (Å²) in [7, 11) is 1.60. The van der Waals surface area contributed by atoms with Crippen LogP contribution in [0.5, 0.6) is 5.75 Å². The second kappa shape index (κ2) is 8.37. The van der Waals surface area contributed by atoms with Crippen molar-refractivity contribution in [1.29, 1.82) is 0 Å². The molecule has 0 radical (unpaired) electrons. The number of aromatic amines is 1. The van der Waals surface area contributed by atoms with Gasteiger partial charge in [-0.05, 0) is 57.0 Å². The number of rotatable bonds is 7. The van der Waals surface area contributed by atoms with E-state index in [1.807, 2.05) is 13.8 Å². The summed E-state index contributed by atoms with van der Waals surface area (Å²) in [6.07, 6.45) is 0.836. The Balaban J connectivity index is 1.97. The van der Waals surface area contributed by atoms with Crippen LogP contribution in [0.3, 0.4) is 0 Å². The molecule has 0 spiro atoms. The van der Waals surface area contributed by atoms with Crippen molar-refractivity contribution in [2.75, 3.05) is 19.0 Å². The highest BCUT2D eigenvalue weighted by Gasteiger charge is 2.19. The minimum Gasteiger partial charge on any atom is -0.497 e. The predicted octanol–water partition coefficient (Wildman–Crippen LogP) is 3.39. The number of hydrogen-bond donors (Lipinski definition) is 2. The summed E-state index contributed by atoms with van der Waals surface area (Å²) in [6, 6.07) is 7.17. The molecule has 0 unspecified atom stereocenters. The molecule has 0 fully saturated rings. The number of methoxy groups -OCH3 is 1. The summed E-state index contributed by atoms with van der Waals surface area (Å²) in [5, 5.41) is 2.85. The van der Waals surface area contributed by atoms with Crippen molar-refractivity contribution < 1.29 is 19.1 Å². The Kier molecular flexibility index (Phi) is 6.22. The molecule has 0 atom stereocenters. The fraction of sp³-hybridized carbons (Fsp3) is 0.368. The van der Waals surface area contributed by atoms with Gasteiger partial charge in [-0.3, -0.25) is 4.79 Å². The molecule has 0 bridgehead atoms. The van der Waals surface area contributed by atoms with Crippen LogP contribution < -0.4 is 10.1 Å². The lowest BCUT2D eigenvalue weighted by molar-refractivity contribution is -0.116. The van der Waals surface area contributed by atoms with Crippen molar-refractivity contribution in [3.63, 3.8) is 0 Å². The lowest BCUT2D eigenvalue weighted by Crippen LogP contribution is -2.12. The first kappa shape index (κ1) is 18.6. The molecule has 1 heterocycles.